The van der Waals surface area contributed by atoms with Crippen molar-refractivity contribution >= 4 is 27.5 Å². The van der Waals surface area contributed by atoms with Crippen molar-refractivity contribution in [2.75, 3.05) is 24.0 Å². The Labute approximate surface area is 248 Å². The molecule has 0 fully saturated rings. The number of hydrogen-bond donors (Lipinski definition) is 1. The largest absolute Gasteiger partial charge is 0.494 e. The lowest BCUT2D eigenvalue weighted by atomic mass is 10.1. The molecule has 0 saturated carbocycles. The molecule has 0 aliphatic rings. The fraction of sp³-hybridized carbons (Fsp3) is 0.375. The number of benzene rings is 3. The summed E-state index contributed by atoms with van der Waals surface area (Å²) in [4.78, 5) is 28.7. The molecule has 3 aromatic carbocycles. The van der Waals surface area contributed by atoms with E-state index in [4.69, 9.17) is 4.74 Å². The van der Waals surface area contributed by atoms with Crippen molar-refractivity contribution in [2.45, 2.75) is 64.4 Å². The third-order valence-corrected chi connectivity index (χ3v) is 8.59. The van der Waals surface area contributed by atoms with Crippen LogP contribution in [0.15, 0.2) is 77.7 Å². The lowest BCUT2D eigenvalue weighted by Crippen LogP contribution is -2.52. The smallest absolute Gasteiger partial charge is 0.264 e. The Bertz CT molecular complexity index is 1410. The van der Waals surface area contributed by atoms with Crippen molar-refractivity contribution in [3.8, 4) is 5.75 Å². The van der Waals surface area contributed by atoms with E-state index in [1.807, 2.05) is 20.8 Å². The van der Waals surface area contributed by atoms with Crippen LogP contribution in [0.5, 0.6) is 5.75 Å². The van der Waals surface area contributed by atoms with Gasteiger partial charge in [0.05, 0.1) is 17.2 Å². The molecular weight excluding hydrogens is 557 g/mol. The highest BCUT2D eigenvalue weighted by Crippen LogP contribution is 2.26. The predicted octanol–water partition coefficient (Wildman–Crippen LogP) is 5.45. The van der Waals surface area contributed by atoms with E-state index in [-0.39, 0.29) is 17.3 Å². The monoisotopic (exact) mass is 597 g/mol. The summed E-state index contributed by atoms with van der Waals surface area (Å²) in [6, 6.07) is 17.7. The Morgan fingerprint density at radius 3 is 2.14 bits per heavy atom. The van der Waals surface area contributed by atoms with Gasteiger partial charge in [-0.2, -0.15) is 0 Å². The zero-order chi connectivity index (χ0) is 30.7. The zero-order valence-electron chi connectivity index (χ0n) is 24.7. The molecule has 0 heterocycles. The van der Waals surface area contributed by atoms with Gasteiger partial charge in [-0.05, 0) is 80.8 Å². The second kappa shape index (κ2) is 15.3. The van der Waals surface area contributed by atoms with Gasteiger partial charge in [-0.1, -0.05) is 50.1 Å². The molecule has 8 nitrogen and oxygen atoms in total. The van der Waals surface area contributed by atoms with Crippen molar-refractivity contribution in [1.82, 2.24) is 10.2 Å². The number of carbonyl (C=O) groups excluding carboxylic acids is 2. The normalized spacial score (nSPS) is 11.9. The van der Waals surface area contributed by atoms with Crippen LogP contribution in [0.3, 0.4) is 0 Å². The van der Waals surface area contributed by atoms with Gasteiger partial charge in [-0.15, -0.1) is 0 Å². The molecule has 3 rings (SSSR count). The Kier molecular flexibility index (Phi) is 11.9. The van der Waals surface area contributed by atoms with E-state index in [1.54, 1.807) is 55.5 Å². The quantitative estimate of drug-likeness (QED) is 0.235. The van der Waals surface area contributed by atoms with Crippen LogP contribution in [-0.4, -0.2) is 50.9 Å². The number of unbranched alkanes of at least 4 members (excludes halogenated alkanes) is 1. The van der Waals surface area contributed by atoms with Gasteiger partial charge < -0.3 is 15.0 Å². The number of aryl methyl sites for hydroxylation is 1. The van der Waals surface area contributed by atoms with Crippen molar-refractivity contribution in [3.05, 3.63) is 89.7 Å². The van der Waals surface area contributed by atoms with E-state index in [1.165, 1.54) is 29.2 Å². The van der Waals surface area contributed by atoms with Gasteiger partial charge in [0.2, 0.25) is 11.8 Å². The summed E-state index contributed by atoms with van der Waals surface area (Å²) in [5.41, 5.74) is 1.85. The summed E-state index contributed by atoms with van der Waals surface area (Å²) < 4.78 is 48.1. The van der Waals surface area contributed by atoms with E-state index in [0.717, 1.165) is 22.7 Å². The molecule has 226 valence electrons. The number of anilines is 1. The highest BCUT2D eigenvalue weighted by molar-refractivity contribution is 7.92. The fourth-order valence-electron chi connectivity index (χ4n) is 4.45. The Balaban J connectivity index is 2.02. The molecule has 10 heteroatoms. The van der Waals surface area contributed by atoms with Crippen LogP contribution in [0.1, 0.15) is 51.2 Å². The second-order valence-electron chi connectivity index (χ2n) is 9.97. The van der Waals surface area contributed by atoms with Gasteiger partial charge in [0.15, 0.2) is 0 Å². The predicted molar refractivity (Wildman–Crippen MR) is 162 cm³/mol. The molecule has 2 amide bonds. The zero-order valence-corrected chi connectivity index (χ0v) is 25.5. The van der Waals surface area contributed by atoms with E-state index in [0.29, 0.717) is 36.6 Å². The molecule has 0 aliphatic carbocycles. The fourth-order valence-corrected chi connectivity index (χ4v) is 5.87. The maximum absolute atomic E-state index is 14.1. The molecule has 0 saturated heterocycles. The number of ether oxygens (including phenoxy) is 1. The number of carbonyl (C=O) groups is 2. The lowest BCUT2D eigenvalue weighted by molar-refractivity contribution is -0.140. The maximum Gasteiger partial charge on any atom is 0.264 e. The van der Waals surface area contributed by atoms with Crippen molar-refractivity contribution in [3.63, 3.8) is 0 Å². The standard InChI is InChI=1S/C32H40FN3O5S/c1-5-8-21-34-32(38)30(6-2)35(22-25-11-13-26(33)14-12-25)31(37)23-36(27-15-9-24(4)10-16-27)42(39,40)29-19-17-28(18-20-29)41-7-3/h9-20,30H,5-8,21-23H2,1-4H3,(H,34,38)/t30-/m1/s1. The van der Waals surface area contributed by atoms with Gasteiger partial charge in [0.1, 0.15) is 24.2 Å². The van der Waals surface area contributed by atoms with Crippen molar-refractivity contribution < 1.29 is 27.1 Å². The van der Waals surface area contributed by atoms with Gasteiger partial charge in [0, 0.05) is 13.1 Å². The van der Waals surface area contributed by atoms with Crippen LogP contribution in [0.25, 0.3) is 0 Å². The third kappa shape index (κ3) is 8.55. The highest BCUT2D eigenvalue weighted by atomic mass is 32.2. The number of halogens is 1. The molecule has 0 aromatic heterocycles. The minimum Gasteiger partial charge on any atom is -0.494 e. The second-order valence-corrected chi connectivity index (χ2v) is 11.8. The minimum atomic E-state index is -4.20. The van der Waals surface area contributed by atoms with Crippen LogP contribution in [0, 0.1) is 12.7 Å². The number of hydrogen-bond acceptors (Lipinski definition) is 5. The molecule has 42 heavy (non-hydrogen) atoms. The highest BCUT2D eigenvalue weighted by Gasteiger charge is 2.33. The molecule has 0 spiro atoms. The molecule has 0 aliphatic heterocycles. The minimum absolute atomic E-state index is 0.00363. The molecule has 0 unspecified atom stereocenters. The molecule has 3 aromatic rings. The number of sulfonamides is 1. The number of nitrogens with one attached hydrogen (secondary N) is 1. The van der Waals surface area contributed by atoms with E-state index in [9.17, 15) is 22.4 Å². The Morgan fingerprint density at radius 1 is 0.929 bits per heavy atom. The van der Waals surface area contributed by atoms with E-state index < -0.39 is 34.3 Å². The lowest BCUT2D eigenvalue weighted by Gasteiger charge is -2.33. The van der Waals surface area contributed by atoms with Gasteiger partial charge >= 0.3 is 0 Å². The summed E-state index contributed by atoms with van der Waals surface area (Å²) in [6.45, 7) is 7.88. The average molecular weight is 598 g/mol. The SMILES string of the molecule is CCCCNC(=O)[C@@H](CC)N(Cc1ccc(F)cc1)C(=O)CN(c1ccc(C)cc1)S(=O)(=O)c1ccc(OCC)cc1. The van der Waals surface area contributed by atoms with E-state index in [2.05, 4.69) is 5.32 Å². The molecule has 0 bridgehead atoms. The van der Waals surface area contributed by atoms with E-state index >= 15 is 0 Å². The van der Waals surface area contributed by atoms with Crippen LogP contribution in [-0.2, 0) is 26.2 Å². The molecular formula is C32H40FN3O5S. The summed E-state index contributed by atoms with van der Waals surface area (Å²) in [5, 5.41) is 2.89. The Hall–Kier alpha value is -3.92. The first-order chi connectivity index (χ1) is 20.1. The Morgan fingerprint density at radius 2 is 1.57 bits per heavy atom. The van der Waals surface area contributed by atoms with Crippen LogP contribution in [0.2, 0.25) is 0 Å². The van der Waals surface area contributed by atoms with Crippen LogP contribution in [0.4, 0.5) is 10.1 Å². The van der Waals surface area contributed by atoms with Gasteiger partial charge in [-0.25, -0.2) is 12.8 Å². The number of amides is 2. The van der Waals surface area contributed by atoms with Crippen LogP contribution < -0.4 is 14.4 Å². The van der Waals surface area contributed by atoms with Gasteiger partial charge in [-0.3, -0.25) is 13.9 Å². The first-order valence-electron chi connectivity index (χ1n) is 14.2. The summed E-state index contributed by atoms with van der Waals surface area (Å²) >= 11 is 0. The topological polar surface area (TPSA) is 96.0 Å². The number of rotatable bonds is 15. The first-order valence-corrected chi connectivity index (χ1v) is 15.7. The molecule has 1 N–H and O–H groups in total. The van der Waals surface area contributed by atoms with Crippen LogP contribution >= 0.6 is 0 Å². The van der Waals surface area contributed by atoms with Gasteiger partial charge in [0.25, 0.3) is 10.0 Å². The first kappa shape index (κ1) is 32.6. The van der Waals surface area contributed by atoms with Crippen molar-refractivity contribution in [1.29, 1.82) is 0 Å². The average Bonchev–Trinajstić information content (AvgIpc) is 2.98. The number of nitrogens with zero attached hydrogens (tertiary/aromatic N) is 2. The maximum atomic E-state index is 14.1. The summed E-state index contributed by atoms with van der Waals surface area (Å²) in [7, 11) is -4.20. The summed E-state index contributed by atoms with van der Waals surface area (Å²) in [6.07, 6.45) is 1.99. The summed E-state index contributed by atoms with van der Waals surface area (Å²) in [5.74, 6) is -0.780. The molecule has 0 radical (unpaired) electrons. The third-order valence-electron chi connectivity index (χ3n) is 6.81. The van der Waals surface area contributed by atoms with Crippen molar-refractivity contribution in [2.24, 2.45) is 0 Å². The molecule has 1 atom stereocenters.